The Morgan fingerprint density at radius 3 is 2.48 bits per heavy atom. The van der Waals surface area contributed by atoms with Gasteiger partial charge < -0.3 is 4.74 Å². The Balaban J connectivity index is 1.52. The molecular formula is C23H27N3O. The molecule has 0 fully saturated rings. The van der Waals surface area contributed by atoms with Crippen LogP contribution in [0.25, 0.3) is 11.3 Å². The van der Waals surface area contributed by atoms with Gasteiger partial charge in [-0.15, -0.1) is 0 Å². The van der Waals surface area contributed by atoms with Crippen LogP contribution in [0.5, 0.6) is 5.75 Å². The molecule has 4 heteroatoms. The highest BCUT2D eigenvalue weighted by Gasteiger charge is 2.23. The first-order valence-electron chi connectivity index (χ1n) is 9.60. The topological polar surface area (TPSA) is 41.1 Å². The number of benzene rings is 2. The van der Waals surface area contributed by atoms with Gasteiger partial charge in [0.25, 0.3) is 0 Å². The summed E-state index contributed by atoms with van der Waals surface area (Å²) in [6.07, 6.45) is 1.01. The van der Waals surface area contributed by atoms with Crippen LogP contribution in [0, 0.1) is 0 Å². The van der Waals surface area contributed by atoms with E-state index in [9.17, 15) is 0 Å². The van der Waals surface area contributed by atoms with Crippen molar-refractivity contribution >= 4 is 0 Å². The van der Waals surface area contributed by atoms with E-state index in [1.165, 1.54) is 16.8 Å². The summed E-state index contributed by atoms with van der Waals surface area (Å²) in [5, 5.41) is 7.88. The number of H-pyrrole nitrogens is 1. The maximum atomic E-state index is 5.93. The van der Waals surface area contributed by atoms with E-state index in [4.69, 9.17) is 4.74 Å². The zero-order valence-electron chi connectivity index (χ0n) is 16.3. The summed E-state index contributed by atoms with van der Waals surface area (Å²) in [4.78, 5) is 2.49. The second-order valence-electron chi connectivity index (χ2n) is 8.21. The van der Waals surface area contributed by atoms with E-state index in [1.807, 2.05) is 12.1 Å². The molecule has 4 rings (SSSR count). The molecule has 1 aromatic heterocycles. The summed E-state index contributed by atoms with van der Waals surface area (Å²) in [5.41, 5.74) is 5.95. The van der Waals surface area contributed by atoms with E-state index in [0.29, 0.717) is 0 Å². The van der Waals surface area contributed by atoms with Gasteiger partial charge in [-0.1, -0.05) is 30.3 Å². The fraction of sp³-hybridized carbons (Fsp3) is 0.348. The molecule has 2 heterocycles. The molecule has 3 aromatic rings. The van der Waals surface area contributed by atoms with E-state index in [0.717, 1.165) is 43.1 Å². The van der Waals surface area contributed by atoms with Crippen molar-refractivity contribution in [3.05, 3.63) is 71.4 Å². The van der Waals surface area contributed by atoms with Gasteiger partial charge in [0, 0.05) is 42.9 Å². The summed E-state index contributed by atoms with van der Waals surface area (Å²) >= 11 is 0. The lowest BCUT2D eigenvalue weighted by molar-refractivity contribution is 0.131. The average molecular weight is 361 g/mol. The van der Waals surface area contributed by atoms with Gasteiger partial charge in [0.15, 0.2) is 0 Å². The minimum Gasteiger partial charge on any atom is -0.488 e. The third-order valence-electron chi connectivity index (χ3n) is 4.81. The van der Waals surface area contributed by atoms with Crippen LogP contribution in [0.3, 0.4) is 0 Å². The Labute approximate surface area is 161 Å². The second kappa shape index (κ2) is 7.20. The lowest BCUT2D eigenvalue weighted by Crippen LogP contribution is -2.29. The first-order chi connectivity index (χ1) is 13.0. The summed E-state index contributed by atoms with van der Waals surface area (Å²) in [5.74, 6) is 0.890. The molecule has 0 aliphatic carbocycles. The van der Waals surface area contributed by atoms with Gasteiger partial charge in [-0.3, -0.25) is 10.00 Å². The maximum Gasteiger partial charge on any atom is 0.120 e. The van der Waals surface area contributed by atoms with Crippen LogP contribution >= 0.6 is 0 Å². The summed E-state index contributed by atoms with van der Waals surface area (Å²) in [7, 11) is 0. The van der Waals surface area contributed by atoms with Crippen LogP contribution < -0.4 is 4.74 Å². The molecule has 4 nitrogen and oxygen atoms in total. The smallest absolute Gasteiger partial charge is 0.120 e. The first-order valence-corrected chi connectivity index (χ1v) is 9.60. The fourth-order valence-corrected chi connectivity index (χ4v) is 3.60. The van der Waals surface area contributed by atoms with Crippen LogP contribution in [0.1, 0.15) is 37.6 Å². The van der Waals surface area contributed by atoms with Crippen molar-refractivity contribution in [1.82, 2.24) is 15.1 Å². The van der Waals surface area contributed by atoms with Crippen molar-refractivity contribution in [3.63, 3.8) is 0 Å². The SMILES string of the molecule is CC(C)(C)Oc1ccc(-c2n[nH]c3c2CN(Cc2ccccc2)CC3)cc1. The number of nitrogens with zero attached hydrogens (tertiary/aromatic N) is 2. The number of fused-ring (bicyclic) bond motifs is 1. The van der Waals surface area contributed by atoms with Crippen molar-refractivity contribution in [2.24, 2.45) is 0 Å². The molecule has 27 heavy (non-hydrogen) atoms. The van der Waals surface area contributed by atoms with E-state index in [1.54, 1.807) is 0 Å². The first kappa shape index (κ1) is 17.8. The quantitative estimate of drug-likeness (QED) is 0.725. The van der Waals surface area contributed by atoms with E-state index in [-0.39, 0.29) is 5.60 Å². The Bertz CT molecular complexity index is 892. The zero-order chi connectivity index (χ0) is 18.9. The molecule has 1 N–H and O–H groups in total. The third kappa shape index (κ3) is 4.22. The monoisotopic (exact) mass is 361 g/mol. The molecule has 0 saturated heterocycles. The number of aromatic nitrogens is 2. The highest BCUT2D eigenvalue weighted by molar-refractivity contribution is 5.65. The summed E-state index contributed by atoms with van der Waals surface area (Å²) in [6.45, 7) is 9.15. The molecule has 0 unspecified atom stereocenters. The molecule has 0 amide bonds. The highest BCUT2D eigenvalue weighted by Crippen LogP contribution is 2.30. The Hall–Kier alpha value is -2.59. The van der Waals surface area contributed by atoms with Crippen molar-refractivity contribution in [1.29, 1.82) is 0 Å². The van der Waals surface area contributed by atoms with E-state index in [2.05, 4.69) is 78.3 Å². The maximum absolute atomic E-state index is 5.93. The summed E-state index contributed by atoms with van der Waals surface area (Å²) < 4.78 is 5.93. The van der Waals surface area contributed by atoms with Crippen LogP contribution in [0.4, 0.5) is 0 Å². The van der Waals surface area contributed by atoms with Crippen molar-refractivity contribution < 1.29 is 4.74 Å². The van der Waals surface area contributed by atoms with Crippen LogP contribution in [-0.2, 0) is 19.5 Å². The van der Waals surface area contributed by atoms with Crippen molar-refractivity contribution in [2.75, 3.05) is 6.54 Å². The molecular weight excluding hydrogens is 334 g/mol. The molecule has 0 saturated carbocycles. The number of hydrogen-bond donors (Lipinski definition) is 1. The third-order valence-corrected chi connectivity index (χ3v) is 4.81. The van der Waals surface area contributed by atoms with Gasteiger partial charge >= 0.3 is 0 Å². The molecule has 0 bridgehead atoms. The molecule has 140 valence electrons. The van der Waals surface area contributed by atoms with E-state index < -0.39 is 0 Å². The predicted octanol–water partition coefficient (Wildman–Crippen LogP) is 4.81. The number of ether oxygens (including phenoxy) is 1. The van der Waals surface area contributed by atoms with Gasteiger partial charge in [-0.25, -0.2) is 0 Å². The minimum atomic E-state index is -0.190. The molecule has 1 aliphatic heterocycles. The van der Waals surface area contributed by atoms with Gasteiger partial charge in [-0.2, -0.15) is 5.10 Å². The zero-order valence-corrected chi connectivity index (χ0v) is 16.3. The minimum absolute atomic E-state index is 0.190. The van der Waals surface area contributed by atoms with Gasteiger partial charge in [0.1, 0.15) is 11.4 Å². The van der Waals surface area contributed by atoms with Gasteiger partial charge in [0.2, 0.25) is 0 Å². The number of nitrogens with one attached hydrogen (secondary N) is 1. The highest BCUT2D eigenvalue weighted by atomic mass is 16.5. The standard InChI is InChI=1S/C23H27N3O/c1-23(2,3)27-19-11-9-18(10-12-19)22-20-16-26(14-13-21(20)24-25-22)15-17-7-5-4-6-8-17/h4-12H,13-16H2,1-3H3,(H,24,25). The molecule has 1 aliphatic rings. The second-order valence-corrected chi connectivity index (χ2v) is 8.21. The van der Waals surface area contributed by atoms with E-state index >= 15 is 0 Å². The van der Waals surface area contributed by atoms with Gasteiger partial charge in [-0.05, 0) is 50.6 Å². The normalized spacial score (nSPS) is 14.8. The Kier molecular flexibility index (Phi) is 4.75. The number of rotatable bonds is 4. The average Bonchev–Trinajstić information content (AvgIpc) is 3.05. The largest absolute Gasteiger partial charge is 0.488 e. The predicted molar refractivity (Wildman–Crippen MR) is 109 cm³/mol. The summed E-state index contributed by atoms with van der Waals surface area (Å²) in [6, 6.07) is 18.9. The molecule has 0 spiro atoms. The van der Waals surface area contributed by atoms with Crippen molar-refractivity contribution in [2.45, 2.75) is 45.9 Å². The van der Waals surface area contributed by atoms with Gasteiger partial charge in [0.05, 0.1) is 5.69 Å². The lowest BCUT2D eigenvalue weighted by Gasteiger charge is -2.27. The Morgan fingerprint density at radius 1 is 1.04 bits per heavy atom. The fourth-order valence-electron chi connectivity index (χ4n) is 3.60. The van der Waals surface area contributed by atoms with Crippen LogP contribution in [0.2, 0.25) is 0 Å². The molecule has 0 atom stereocenters. The number of hydrogen-bond acceptors (Lipinski definition) is 3. The van der Waals surface area contributed by atoms with Crippen molar-refractivity contribution in [3.8, 4) is 17.0 Å². The van der Waals surface area contributed by atoms with Crippen LogP contribution in [0.15, 0.2) is 54.6 Å². The number of aromatic amines is 1. The Morgan fingerprint density at radius 2 is 1.78 bits per heavy atom. The molecule has 0 radical (unpaired) electrons. The lowest BCUT2D eigenvalue weighted by atomic mass is 10.0. The van der Waals surface area contributed by atoms with Crippen LogP contribution in [-0.4, -0.2) is 27.2 Å². The molecule has 2 aromatic carbocycles.